The first kappa shape index (κ1) is 12.4. The number of pyridine rings is 1. The van der Waals surface area contributed by atoms with Gasteiger partial charge in [-0.15, -0.1) is 0 Å². The van der Waals surface area contributed by atoms with Crippen molar-refractivity contribution in [2.45, 2.75) is 18.5 Å². The zero-order chi connectivity index (χ0) is 12.3. The minimum atomic E-state index is -4.84. The van der Waals surface area contributed by atoms with E-state index in [0.29, 0.717) is 0 Å². The lowest BCUT2D eigenvalue weighted by atomic mass is 10.00. The highest BCUT2D eigenvalue weighted by Crippen LogP contribution is 2.37. The standard InChI is InChI=1S/C9H7F4NO2/c10-6-2-1-3-14-8(6)5(4-7(15)16)9(11,12)13/h1-3,5H,4H2,(H,15,16). The van der Waals surface area contributed by atoms with Crippen LogP contribution in [-0.4, -0.2) is 22.2 Å². The van der Waals surface area contributed by atoms with E-state index in [4.69, 9.17) is 5.11 Å². The van der Waals surface area contributed by atoms with Gasteiger partial charge in [-0.05, 0) is 12.1 Å². The summed E-state index contributed by atoms with van der Waals surface area (Å²) in [6.45, 7) is 0. The van der Waals surface area contributed by atoms with Gasteiger partial charge in [0, 0.05) is 6.20 Å². The third kappa shape index (κ3) is 2.91. The average Bonchev–Trinajstić information content (AvgIpc) is 2.13. The van der Waals surface area contributed by atoms with Gasteiger partial charge in [-0.1, -0.05) is 0 Å². The van der Waals surface area contributed by atoms with E-state index in [0.717, 1.165) is 18.3 Å². The molecule has 1 heterocycles. The van der Waals surface area contributed by atoms with E-state index in [1.165, 1.54) is 0 Å². The Morgan fingerprint density at radius 2 is 2.12 bits per heavy atom. The van der Waals surface area contributed by atoms with E-state index in [2.05, 4.69) is 4.98 Å². The van der Waals surface area contributed by atoms with Gasteiger partial charge in [0.05, 0.1) is 12.1 Å². The van der Waals surface area contributed by atoms with E-state index in [-0.39, 0.29) is 0 Å². The molecule has 0 saturated carbocycles. The molecule has 0 spiro atoms. The zero-order valence-corrected chi connectivity index (χ0v) is 7.83. The maximum absolute atomic E-state index is 13.1. The number of carbonyl (C=O) groups is 1. The minimum absolute atomic E-state index is 0.808. The second kappa shape index (κ2) is 4.46. The smallest absolute Gasteiger partial charge is 0.397 e. The van der Waals surface area contributed by atoms with E-state index >= 15 is 0 Å². The first-order chi connectivity index (χ1) is 7.32. The van der Waals surface area contributed by atoms with E-state index < -0.39 is 36.0 Å². The Balaban J connectivity index is 3.12. The molecule has 3 nitrogen and oxygen atoms in total. The molecule has 1 unspecified atom stereocenters. The molecule has 1 aromatic rings. The first-order valence-corrected chi connectivity index (χ1v) is 4.21. The summed E-state index contributed by atoms with van der Waals surface area (Å²) < 4.78 is 50.5. The molecular weight excluding hydrogens is 230 g/mol. The van der Waals surface area contributed by atoms with Crippen molar-refractivity contribution in [3.05, 3.63) is 29.8 Å². The molecule has 1 aromatic heterocycles. The lowest BCUT2D eigenvalue weighted by Crippen LogP contribution is -2.25. The molecular formula is C9H7F4NO2. The maximum atomic E-state index is 13.1. The van der Waals surface area contributed by atoms with Crippen molar-refractivity contribution in [2.24, 2.45) is 0 Å². The van der Waals surface area contributed by atoms with E-state index in [1.807, 2.05) is 0 Å². The second-order valence-electron chi connectivity index (χ2n) is 3.06. The van der Waals surface area contributed by atoms with Crippen molar-refractivity contribution < 1.29 is 27.5 Å². The van der Waals surface area contributed by atoms with Crippen LogP contribution >= 0.6 is 0 Å². The molecule has 1 rings (SSSR count). The van der Waals surface area contributed by atoms with Gasteiger partial charge in [0.25, 0.3) is 0 Å². The Kier molecular flexibility index (Phi) is 3.46. The van der Waals surface area contributed by atoms with Crippen LogP contribution in [0.5, 0.6) is 0 Å². The molecule has 0 aliphatic rings. The highest BCUT2D eigenvalue weighted by Gasteiger charge is 2.44. The fraction of sp³-hybridized carbons (Fsp3) is 0.333. The fourth-order valence-electron chi connectivity index (χ4n) is 1.20. The molecule has 0 saturated heterocycles. The van der Waals surface area contributed by atoms with Crippen molar-refractivity contribution >= 4 is 5.97 Å². The minimum Gasteiger partial charge on any atom is -0.481 e. The molecule has 0 fully saturated rings. The Morgan fingerprint density at radius 3 is 2.56 bits per heavy atom. The normalized spacial score (nSPS) is 13.5. The number of carboxylic acid groups (broad SMARTS) is 1. The van der Waals surface area contributed by atoms with Crippen LogP contribution in [-0.2, 0) is 4.79 Å². The summed E-state index contributed by atoms with van der Waals surface area (Å²) >= 11 is 0. The van der Waals surface area contributed by atoms with Gasteiger partial charge in [-0.2, -0.15) is 13.2 Å². The molecule has 0 amide bonds. The van der Waals surface area contributed by atoms with E-state index in [9.17, 15) is 22.4 Å². The van der Waals surface area contributed by atoms with Crippen LogP contribution in [0.25, 0.3) is 0 Å². The predicted molar refractivity (Wildman–Crippen MR) is 45.2 cm³/mol. The van der Waals surface area contributed by atoms with Crippen LogP contribution in [0.1, 0.15) is 18.0 Å². The number of nitrogens with zero attached hydrogens (tertiary/aromatic N) is 1. The summed E-state index contributed by atoms with van der Waals surface area (Å²) in [7, 11) is 0. The summed E-state index contributed by atoms with van der Waals surface area (Å²) in [6.07, 6.45) is -5.09. The first-order valence-electron chi connectivity index (χ1n) is 4.21. The van der Waals surface area contributed by atoms with Crippen LogP contribution in [0.2, 0.25) is 0 Å². The quantitative estimate of drug-likeness (QED) is 0.821. The van der Waals surface area contributed by atoms with Gasteiger partial charge in [0.1, 0.15) is 11.7 Å². The number of rotatable bonds is 3. The number of alkyl halides is 3. The van der Waals surface area contributed by atoms with Crippen molar-refractivity contribution in [1.29, 1.82) is 0 Å². The lowest BCUT2D eigenvalue weighted by Gasteiger charge is -2.18. The van der Waals surface area contributed by atoms with Crippen LogP contribution in [0.15, 0.2) is 18.3 Å². The van der Waals surface area contributed by atoms with Gasteiger partial charge in [0.2, 0.25) is 0 Å². The molecule has 1 atom stereocenters. The maximum Gasteiger partial charge on any atom is 0.397 e. The predicted octanol–water partition coefficient (Wildman–Crippen LogP) is 2.34. The average molecular weight is 237 g/mol. The number of carboxylic acids is 1. The zero-order valence-electron chi connectivity index (χ0n) is 7.83. The summed E-state index contributed by atoms with van der Waals surface area (Å²) in [5.74, 6) is -5.25. The number of aliphatic carboxylic acids is 1. The number of hydrogen-bond donors (Lipinski definition) is 1. The van der Waals surface area contributed by atoms with Crippen molar-refractivity contribution in [3.8, 4) is 0 Å². The molecule has 1 N–H and O–H groups in total. The topological polar surface area (TPSA) is 50.2 Å². The Morgan fingerprint density at radius 1 is 1.50 bits per heavy atom. The monoisotopic (exact) mass is 237 g/mol. The molecule has 0 bridgehead atoms. The second-order valence-corrected chi connectivity index (χ2v) is 3.06. The van der Waals surface area contributed by atoms with Gasteiger partial charge >= 0.3 is 12.1 Å². The Hall–Kier alpha value is -1.66. The van der Waals surface area contributed by atoms with Crippen molar-refractivity contribution in [2.75, 3.05) is 0 Å². The number of hydrogen-bond acceptors (Lipinski definition) is 2. The molecule has 0 aromatic carbocycles. The van der Waals surface area contributed by atoms with Crippen LogP contribution < -0.4 is 0 Å². The fourth-order valence-corrected chi connectivity index (χ4v) is 1.20. The molecule has 0 aliphatic carbocycles. The summed E-state index contributed by atoms with van der Waals surface area (Å²) in [4.78, 5) is 13.5. The molecule has 0 radical (unpaired) electrons. The van der Waals surface area contributed by atoms with Gasteiger partial charge in [-0.3, -0.25) is 9.78 Å². The van der Waals surface area contributed by atoms with E-state index in [1.54, 1.807) is 0 Å². The Labute approximate surface area is 87.7 Å². The highest BCUT2D eigenvalue weighted by atomic mass is 19.4. The van der Waals surface area contributed by atoms with Crippen molar-refractivity contribution in [3.63, 3.8) is 0 Å². The largest absolute Gasteiger partial charge is 0.481 e. The molecule has 16 heavy (non-hydrogen) atoms. The summed E-state index contributed by atoms with van der Waals surface area (Å²) in [6, 6.07) is 1.94. The third-order valence-corrected chi connectivity index (χ3v) is 1.89. The summed E-state index contributed by atoms with van der Waals surface area (Å²) in [5.41, 5.74) is -0.891. The van der Waals surface area contributed by atoms with Crippen LogP contribution in [0.4, 0.5) is 17.6 Å². The molecule has 0 aliphatic heterocycles. The number of aromatic nitrogens is 1. The summed E-state index contributed by atoms with van der Waals surface area (Å²) in [5, 5.41) is 8.35. The van der Waals surface area contributed by atoms with Gasteiger partial charge in [-0.25, -0.2) is 4.39 Å². The van der Waals surface area contributed by atoms with Gasteiger partial charge in [0.15, 0.2) is 0 Å². The molecule has 88 valence electrons. The van der Waals surface area contributed by atoms with Crippen LogP contribution in [0, 0.1) is 5.82 Å². The highest BCUT2D eigenvalue weighted by molar-refractivity contribution is 5.68. The lowest BCUT2D eigenvalue weighted by molar-refractivity contribution is -0.164. The Bertz CT molecular complexity index is 391. The SMILES string of the molecule is O=C(O)CC(c1ncccc1F)C(F)(F)F. The third-order valence-electron chi connectivity index (χ3n) is 1.89. The van der Waals surface area contributed by atoms with Crippen LogP contribution in [0.3, 0.4) is 0 Å². The molecule has 7 heteroatoms. The number of halogens is 4. The van der Waals surface area contributed by atoms with Crippen molar-refractivity contribution in [1.82, 2.24) is 4.98 Å². The van der Waals surface area contributed by atoms with Gasteiger partial charge < -0.3 is 5.11 Å².